The molecule has 0 bridgehead atoms. The van der Waals surface area contributed by atoms with Crippen LogP contribution >= 0.6 is 11.8 Å². The van der Waals surface area contributed by atoms with Crippen LogP contribution in [-0.2, 0) is 10.5 Å². The molecule has 2 N–H and O–H groups in total. The Morgan fingerprint density at radius 1 is 1.14 bits per heavy atom. The molecule has 2 aromatic rings. The monoisotopic (exact) mass is 303 g/mol. The highest BCUT2D eigenvalue weighted by atomic mass is 32.2. The largest absolute Gasteiger partial charge is 0.497 e. The molecule has 0 atom stereocenters. The van der Waals surface area contributed by atoms with Crippen molar-refractivity contribution in [2.24, 2.45) is 0 Å². The van der Waals surface area contributed by atoms with Gasteiger partial charge in [-0.2, -0.15) is 0 Å². The Morgan fingerprint density at radius 3 is 2.43 bits per heavy atom. The molecule has 4 nitrogen and oxygen atoms in total. The average Bonchev–Trinajstić information content (AvgIpc) is 2.53. The van der Waals surface area contributed by atoms with Crippen LogP contribution in [-0.4, -0.2) is 20.2 Å². The van der Waals surface area contributed by atoms with Crippen LogP contribution in [0.4, 0.5) is 5.69 Å². The minimum absolute atomic E-state index is 0.381. The van der Waals surface area contributed by atoms with Gasteiger partial charge >= 0.3 is 5.97 Å². The van der Waals surface area contributed by atoms with Crippen molar-refractivity contribution >= 4 is 23.4 Å². The minimum atomic E-state index is -0.381. The van der Waals surface area contributed by atoms with Gasteiger partial charge in [0.25, 0.3) is 0 Å². The maximum absolute atomic E-state index is 11.4. The van der Waals surface area contributed by atoms with Crippen LogP contribution in [0.5, 0.6) is 5.75 Å². The van der Waals surface area contributed by atoms with Crippen LogP contribution in [0.3, 0.4) is 0 Å². The zero-order valence-electron chi connectivity index (χ0n) is 12.0. The lowest BCUT2D eigenvalue weighted by atomic mass is 10.2. The number of hydrogen-bond acceptors (Lipinski definition) is 5. The third-order valence-corrected chi connectivity index (χ3v) is 4.14. The molecule has 0 unspecified atom stereocenters. The van der Waals surface area contributed by atoms with E-state index in [1.165, 1.54) is 12.7 Å². The molecule has 0 spiro atoms. The van der Waals surface area contributed by atoms with Gasteiger partial charge in [0, 0.05) is 16.3 Å². The number of anilines is 1. The highest BCUT2D eigenvalue weighted by Crippen LogP contribution is 2.29. The fourth-order valence-corrected chi connectivity index (χ4v) is 2.71. The average molecular weight is 303 g/mol. The Balaban J connectivity index is 2.04. The maximum Gasteiger partial charge on any atom is 0.337 e. The Kier molecular flexibility index (Phi) is 5.11. The Hall–Kier alpha value is -2.14. The first-order valence-corrected chi connectivity index (χ1v) is 7.36. The molecule has 110 valence electrons. The molecule has 2 aromatic carbocycles. The molecule has 5 heteroatoms. The van der Waals surface area contributed by atoms with Gasteiger partial charge in [-0.05, 0) is 35.9 Å². The van der Waals surface area contributed by atoms with Crippen molar-refractivity contribution in [1.82, 2.24) is 0 Å². The van der Waals surface area contributed by atoms with Crippen molar-refractivity contribution in [2.75, 3.05) is 20.0 Å². The summed E-state index contributed by atoms with van der Waals surface area (Å²) in [6.07, 6.45) is 0. The number of ether oxygens (including phenoxy) is 2. The molecule has 0 fully saturated rings. The summed E-state index contributed by atoms with van der Waals surface area (Å²) in [5, 5.41) is 0. The van der Waals surface area contributed by atoms with Gasteiger partial charge in [0.1, 0.15) is 5.75 Å². The SMILES string of the molecule is COC(=O)c1ccc(SCc2ccc(OC)cc2)c(N)c1. The second-order valence-electron chi connectivity index (χ2n) is 4.38. The van der Waals surface area contributed by atoms with E-state index in [9.17, 15) is 4.79 Å². The summed E-state index contributed by atoms with van der Waals surface area (Å²) in [6, 6.07) is 13.1. The third-order valence-electron chi connectivity index (χ3n) is 2.98. The molecular formula is C16H17NO3S. The Morgan fingerprint density at radius 2 is 1.86 bits per heavy atom. The second kappa shape index (κ2) is 7.04. The van der Waals surface area contributed by atoms with E-state index in [4.69, 9.17) is 10.5 Å². The zero-order valence-corrected chi connectivity index (χ0v) is 12.8. The first kappa shape index (κ1) is 15.3. The van der Waals surface area contributed by atoms with Crippen molar-refractivity contribution in [3.05, 3.63) is 53.6 Å². The van der Waals surface area contributed by atoms with E-state index in [0.29, 0.717) is 11.3 Å². The van der Waals surface area contributed by atoms with Crippen LogP contribution in [0.1, 0.15) is 15.9 Å². The summed E-state index contributed by atoms with van der Waals surface area (Å²) in [5.74, 6) is 1.25. The van der Waals surface area contributed by atoms with Crippen LogP contribution in [0, 0.1) is 0 Å². The van der Waals surface area contributed by atoms with Crippen molar-refractivity contribution in [3.63, 3.8) is 0 Å². The van der Waals surface area contributed by atoms with Crippen LogP contribution in [0.2, 0.25) is 0 Å². The van der Waals surface area contributed by atoms with Crippen molar-refractivity contribution < 1.29 is 14.3 Å². The minimum Gasteiger partial charge on any atom is -0.497 e. The predicted molar refractivity (Wildman–Crippen MR) is 84.7 cm³/mol. The Bertz CT molecular complexity index is 626. The first-order valence-electron chi connectivity index (χ1n) is 6.37. The number of benzene rings is 2. The van der Waals surface area contributed by atoms with Gasteiger partial charge in [0.05, 0.1) is 19.8 Å². The number of thioether (sulfide) groups is 1. The molecule has 0 radical (unpaired) electrons. The molecular weight excluding hydrogens is 286 g/mol. The van der Waals surface area contributed by atoms with Crippen molar-refractivity contribution in [2.45, 2.75) is 10.6 Å². The molecule has 0 aliphatic heterocycles. The van der Waals surface area contributed by atoms with E-state index in [0.717, 1.165) is 16.4 Å². The van der Waals surface area contributed by atoms with E-state index in [1.807, 2.05) is 30.3 Å². The molecule has 0 amide bonds. The van der Waals surface area contributed by atoms with E-state index in [2.05, 4.69) is 4.74 Å². The lowest BCUT2D eigenvalue weighted by Crippen LogP contribution is -2.02. The van der Waals surface area contributed by atoms with Gasteiger partial charge < -0.3 is 15.2 Å². The number of carbonyl (C=O) groups excluding carboxylic acids is 1. The highest BCUT2D eigenvalue weighted by Gasteiger charge is 2.08. The van der Waals surface area contributed by atoms with Crippen LogP contribution in [0.25, 0.3) is 0 Å². The summed E-state index contributed by atoms with van der Waals surface area (Å²) in [7, 11) is 3.00. The number of methoxy groups -OCH3 is 2. The highest BCUT2D eigenvalue weighted by molar-refractivity contribution is 7.98. The molecule has 0 saturated heterocycles. The molecule has 0 heterocycles. The van der Waals surface area contributed by atoms with Gasteiger partial charge in [0.15, 0.2) is 0 Å². The van der Waals surface area contributed by atoms with E-state index >= 15 is 0 Å². The summed E-state index contributed by atoms with van der Waals surface area (Å²) < 4.78 is 9.80. The number of hydrogen-bond donors (Lipinski definition) is 1. The number of esters is 1. The van der Waals surface area contributed by atoms with E-state index in [-0.39, 0.29) is 5.97 Å². The Labute approximate surface area is 128 Å². The summed E-state index contributed by atoms with van der Waals surface area (Å²) in [4.78, 5) is 12.4. The van der Waals surface area contributed by atoms with Crippen LogP contribution in [0.15, 0.2) is 47.4 Å². The van der Waals surface area contributed by atoms with E-state index in [1.54, 1.807) is 31.0 Å². The maximum atomic E-state index is 11.4. The van der Waals surface area contributed by atoms with Crippen LogP contribution < -0.4 is 10.5 Å². The molecule has 21 heavy (non-hydrogen) atoms. The molecule has 0 aromatic heterocycles. The smallest absolute Gasteiger partial charge is 0.337 e. The standard InChI is InChI=1S/C16H17NO3S/c1-19-13-6-3-11(4-7-13)10-21-15-8-5-12(9-14(15)17)16(18)20-2/h3-9H,10,17H2,1-2H3. The number of rotatable bonds is 5. The molecule has 2 rings (SSSR count). The summed E-state index contributed by atoms with van der Waals surface area (Å²) >= 11 is 1.62. The number of nitrogen functional groups attached to an aromatic ring is 1. The summed E-state index contributed by atoms with van der Waals surface area (Å²) in [5.41, 5.74) is 8.19. The van der Waals surface area contributed by atoms with Gasteiger partial charge in [-0.1, -0.05) is 12.1 Å². The third kappa shape index (κ3) is 3.92. The lowest BCUT2D eigenvalue weighted by Gasteiger charge is -2.08. The molecule has 0 aliphatic rings. The van der Waals surface area contributed by atoms with Crippen molar-refractivity contribution in [3.8, 4) is 5.75 Å². The molecule has 0 aliphatic carbocycles. The van der Waals surface area contributed by atoms with Crippen molar-refractivity contribution in [1.29, 1.82) is 0 Å². The topological polar surface area (TPSA) is 61.5 Å². The number of carbonyl (C=O) groups is 1. The van der Waals surface area contributed by atoms with Gasteiger partial charge in [0.2, 0.25) is 0 Å². The zero-order chi connectivity index (χ0) is 15.2. The van der Waals surface area contributed by atoms with Gasteiger partial charge in [-0.25, -0.2) is 4.79 Å². The lowest BCUT2D eigenvalue weighted by molar-refractivity contribution is 0.0600. The predicted octanol–water partition coefficient (Wildman–Crippen LogP) is 3.36. The first-order chi connectivity index (χ1) is 10.1. The normalized spacial score (nSPS) is 10.2. The van der Waals surface area contributed by atoms with Gasteiger partial charge in [-0.3, -0.25) is 0 Å². The fourth-order valence-electron chi connectivity index (χ4n) is 1.81. The number of nitrogens with two attached hydrogens (primary N) is 1. The van der Waals surface area contributed by atoms with E-state index < -0.39 is 0 Å². The molecule has 0 saturated carbocycles. The fraction of sp³-hybridized carbons (Fsp3) is 0.188. The summed E-state index contributed by atoms with van der Waals surface area (Å²) in [6.45, 7) is 0. The quantitative estimate of drug-likeness (QED) is 0.521. The second-order valence-corrected chi connectivity index (χ2v) is 5.40. The van der Waals surface area contributed by atoms with Gasteiger partial charge in [-0.15, -0.1) is 11.8 Å².